The van der Waals surface area contributed by atoms with Gasteiger partial charge in [-0.2, -0.15) is 13.2 Å². The maximum atomic E-state index is 13.3. The summed E-state index contributed by atoms with van der Waals surface area (Å²) in [5.74, 6) is -0.195. The van der Waals surface area contributed by atoms with Crippen LogP contribution in [0.3, 0.4) is 0 Å². The third-order valence-electron chi connectivity index (χ3n) is 3.72. The van der Waals surface area contributed by atoms with Crippen molar-refractivity contribution in [3.63, 3.8) is 0 Å². The third kappa shape index (κ3) is 4.85. The van der Waals surface area contributed by atoms with E-state index in [0.29, 0.717) is 16.8 Å². The highest BCUT2D eigenvalue weighted by Gasteiger charge is 2.34. The summed E-state index contributed by atoms with van der Waals surface area (Å²) in [4.78, 5) is 0. The predicted octanol–water partition coefficient (Wildman–Crippen LogP) is 5.24. The number of hydrogen-bond acceptors (Lipinski definition) is 3. The number of anilines is 1. The molecule has 0 saturated carbocycles. The number of aryl methyl sites for hydroxylation is 2. The average molecular weight is 369 g/mol. The molecule has 134 valence electrons. The summed E-state index contributed by atoms with van der Waals surface area (Å²) in [5, 5.41) is 3.03. The number of halogens is 3. The lowest BCUT2D eigenvalue weighted by Crippen LogP contribution is -2.13. The first-order valence-corrected chi connectivity index (χ1v) is 7.87. The number of methoxy groups -OCH3 is 1. The predicted molar refractivity (Wildman–Crippen MR) is 94.9 cm³/mol. The minimum Gasteiger partial charge on any atom is -0.488 e. The first-order valence-electron chi connectivity index (χ1n) is 7.46. The van der Waals surface area contributed by atoms with Crippen LogP contribution in [0.4, 0.5) is 18.9 Å². The Morgan fingerprint density at radius 2 is 1.76 bits per heavy atom. The van der Waals surface area contributed by atoms with Crippen LogP contribution in [0.5, 0.6) is 5.75 Å². The number of rotatable bonds is 4. The Morgan fingerprint density at radius 3 is 2.40 bits per heavy atom. The molecule has 0 fully saturated rings. The lowest BCUT2D eigenvalue weighted by Gasteiger charge is -2.17. The minimum atomic E-state index is -4.48. The van der Waals surface area contributed by atoms with E-state index in [1.165, 1.54) is 13.2 Å². The average Bonchev–Trinajstić information content (AvgIpc) is 2.55. The maximum Gasteiger partial charge on any atom is 0.419 e. The summed E-state index contributed by atoms with van der Waals surface area (Å²) >= 11 is 4.95. The molecular formula is C18H18F3NO2S. The van der Waals surface area contributed by atoms with Gasteiger partial charge in [0, 0.05) is 11.3 Å². The van der Waals surface area contributed by atoms with Crippen LogP contribution in [0.1, 0.15) is 22.3 Å². The van der Waals surface area contributed by atoms with E-state index < -0.39 is 11.7 Å². The van der Waals surface area contributed by atoms with Crippen molar-refractivity contribution in [1.29, 1.82) is 0 Å². The molecule has 0 saturated heterocycles. The molecule has 0 unspecified atom stereocenters. The van der Waals surface area contributed by atoms with Crippen molar-refractivity contribution < 1.29 is 22.6 Å². The van der Waals surface area contributed by atoms with Gasteiger partial charge < -0.3 is 14.8 Å². The molecule has 0 amide bonds. The molecule has 0 aliphatic rings. The molecule has 0 atom stereocenters. The fraction of sp³-hybridized carbons (Fsp3) is 0.278. The number of benzene rings is 2. The number of ether oxygens (including phenoxy) is 2. The molecule has 2 rings (SSSR count). The Hall–Kier alpha value is -2.28. The van der Waals surface area contributed by atoms with Gasteiger partial charge in [-0.15, -0.1) is 0 Å². The molecule has 2 aromatic rings. The van der Waals surface area contributed by atoms with E-state index in [1.807, 2.05) is 0 Å². The van der Waals surface area contributed by atoms with E-state index in [1.54, 1.807) is 38.1 Å². The lowest BCUT2D eigenvalue weighted by molar-refractivity contribution is -0.139. The zero-order valence-corrected chi connectivity index (χ0v) is 14.8. The van der Waals surface area contributed by atoms with Gasteiger partial charge in [-0.1, -0.05) is 18.2 Å². The molecule has 25 heavy (non-hydrogen) atoms. The molecule has 0 bridgehead atoms. The van der Waals surface area contributed by atoms with Crippen LogP contribution in [0.2, 0.25) is 0 Å². The summed E-state index contributed by atoms with van der Waals surface area (Å²) in [6.07, 6.45) is -4.48. The van der Waals surface area contributed by atoms with Crippen LogP contribution in [0.15, 0.2) is 36.4 Å². The summed E-state index contributed by atoms with van der Waals surface area (Å²) in [6, 6.07) is 9.55. The second-order valence-electron chi connectivity index (χ2n) is 5.49. The van der Waals surface area contributed by atoms with E-state index in [-0.39, 0.29) is 17.5 Å². The van der Waals surface area contributed by atoms with Gasteiger partial charge >= 0.3 is 6.18 Å². The van der Waals surface area contributed by atoms with Crippen LogP contribution in [-0.2, 0) is 17.5 Å². The van der Waals surface area contributed by atoms with Gasteiger partial charge in [0.2, 0.25) is 0 Å². The fourth-order valence-electron chi connectivity index (χ4n) is 2.22. The Bertz CT molecular complexity index is 775. The van der Waals surface area contributed by atoms with Gasteiger partial charge in [0.15, 0.2) is 0 Å². The van der Waals surface area contributed by atoms with Crippen molar-refractivity contribution in [3.8, 4) is 5.75 Å². The van der Waals surface area contributed by atoms with Gasteiger partial charge in [0.1, 0.15) is 12.4 Å². The summed E-state index contributed by atoms with van der Waals surface area (Å²) in [6.45, 7) is 3.34. The second-order valence-corrected chi connectivity index (χ2v) is 5.86. The van der Waals surface area contributed by atoms with Crippen LogP contribution < -0.4 is 10.1 Å². The van der Waals surface area contributed by atoms with Crippen molar-refractivity contribution in [2.24, 2.45) is 0 Å². The minimum absolute atomic E-state index is 0.0406. The van der Waals surface area contributed by atoms with Crippen molar-refractivity contribution in [1.82, 2.24) is 0 Å². The van der Waals surface area contributed by atoms with E-state index in [9.17, 15) is 13.2 Å². The SMILES string of the molecule is COC(=S)Nc1ccccc1COc1cc(C)c(C)cc1C(F)(F)F. The first kappa shape index (κ1) is 19.1. The van der Waals surface area contributed by atoms with Crippen molar-refractivity contribution >= 4 is 23.1 Å². The van der Waals surface area contributed by atoms with Crippen LogP contribution in [0.25, 0.3) is 0 Å². The molecule has 0 heterocycles. The highest BCUT2D eigenvalue weighted by molar-refractivity contribution is 7.80. The van der Waals surface area contributed by atoms with E-state index in [0.717, 1.165) is 11.6 Å². The summed E-state index contributed by atoms with van der Waals surface area (Å²) < 4.78 is 50.2. The monoisotopic (exact) mass is 369 g/mol. The topological polar surface area (TPSA) is 30.5 Å². The molecule has 0 aliphatic heterocycles. The molecule has 2 aromatic carbocycles. The van der Waals surface area contributed by atoms with Gasteiger partial charge in [0.05, 0.1) is 12.7 Å². The van der Waals surface area contributed by atoms with E-state index >= 15 is 0 Å². The number of thiocarbonyl (C=S) groups is 1. The van der Waals surface area contributed by atoms with Crippen LogP contribution >= 0.6 is 12.2 Å². The van der Waals surface area contributed by atoms with Crippen LogP contribution in [0, 0.1) is 13.8 Å². The van der Waals surface area contributed by atoms with Crippen LogP contribution in [-0.4, -0.2) is 12.3 Å². The number of nitrogens with one attached hydrogen (secondary N) is 1. The zero-order valence-electron chi connectivity index (χ0n) is 14.0. The van der Waals surface area contributed by atoms with E-state index in [4.69, 9.17) is 21.7 Å². The number of alkyl halides is 3. The third-order valence-corrected chi connectivity index (χ3v) is 3.99. The molecule has 0 spiro atoms. The standard InChI is InChI=1S/C18H18F3NO2S/c1-11-8-14(18(19,20)21)16(9-12(11)2)24-10-13-6-4-5-7-15(13)22-17(25)23-3/h4-9H,10H2,1-3H3,(H,22,25). The quantitative estimate of drug-likeness (QED) is 0.746. The summed E-state index contributed by atoms with van der Waals surface area (Å²) in [5.41, 5.74) is 1.79. The molecule has 7 heteroatoms. The van der Waals surface area contributed by atoms with Crippen molar-refractivity contribution in [2.75, 3.05) is 12.4 Å². The maximum absolute atomic E-state index is 13.3. The molecule has 0 aliphatic carbocycles. The number of hydrogen-bond donors (Lipinski definition) is 1. The first-order chi connectivity index (χ1) is 11.7. The zero-order chi connectivity index (χ0) is 18.6. The normalized spacial score (nSPS) is 11.1. The largest absolute Gasteiger partial charge is 0.488 e. The Kier molecular flexibility index (Phi) is 5.89. The fourth-order valence-corrected chi connectivity index (χ4v) is 2.33. The van der Waals surface area contributed by atoms with Gasteiger partial charge in [-0.25, -0.2) is 0 Å². The molecule has 1 N–H and O–H groups in total. The van der Waals surface area contributed by atoms with Gasteiger partial charge in [-0.05, 0) is 55.4 Å². The Labute approximate surface area is 149 Å². The van der Waals surface area contributed by atoms with E-state index in [2.05, 4.69) is 5.32 Å². The molecular weight excluding hydrogens is 351 g/mol. The molecule has 3 nitrogen and oxygen atoms in total. The Morgan fingerprint density at radius 1 is 1.12 bits per heavy atom. The molecule has 0 radical (unpaired) electrons. The van der Waals surface area contributed by atoms with Gasteiger partial charge in [0.25, 0.3) is 5.17 Å². The van der Waals surface area contributed by atoms with Crippen molar-refractivity contribution in [3.05, 3.63) is 58.7 Å². The smallest absolute Gasteiger partial charge is 0.419 e. The van der Waals surface area contributed by atoms with Gasteiger partial charge in [-0.3, -0.25) is 0 Å². The molecule has 0 aromatic heterocycles. The highest BCUT2D eigenvalue weighted by Crippen LogP contribution is 2.38. The second kappa shape index (κ2) is 7.74. The van der Waals surface area contributed by atoms with Crippen molar-refractivity contribution in [2.45, 2.75) is 26.6 Å². The lowest BCUT2D eigenvalue weighted by atomic mass is 10.0. The number of para-hydroxylation sites is 1. The summed E-state index contributed by atoms with van der Waals surface area (Å²) in [7, 11) is 1.43. The highest BCUT2D eigenvalue weighted by atomic mass is 32.1. The Balaban J connectivity index is 2.28.